The number of ether oxygens (including phenoxy) is 2. The number of epoxide rings is 1. The van der Waals surface area contributed by atoms with Gasteiger partial charge < -0.3 is 29.9 Å². The first kappa shape index (κ1) is 29.8. The number of imide groups is 1. The van der Waals surface area contributed by atoms with Crippen LogP contribution in [0, 0.1) is 13.8 Å². The van der Waals surface area contributed by atoms with Crippen LogP contribution in [0.5, 0.6) is 29.3 Å². The van der Waals surface area contributed by atoms with E-state index in [4.69, 9.17) is 9.47 Å². The Morgan fingerprint density at radius 2 is 1.09 bits per heavy atom. The monoisotopic (exact) mass is 633 g/mol. The van der Waals surface area contributed by atoms with Gasteiger partial charge in [0.15, 0.2) is 0 Å². The second kappa shape index (κ2) is 11.5. The van der Waals surface area contributed by atoms with Crippen molar-refractivity contribution in [2.24, 2.45) is 0 Å². The zero-order chi connectivity index (χ0) is 33.0. The topological polar surface area (TPSA) is 150 Å². The van der Waals surface area contributed by atoms with Crippen molar-refractivity contribution in [3.05, 3.63) is 107 Å². The molecule has 4 N–H and O–H groups in total. The molecular weight excluding hydrogens is 602 g/mol. The number of benzene rings is 3. The van der Waals surface area contributed by atoms with Gasteiger partial charge in [-0.2, -0.15) is 0 Å². The Balaban J connectivity index is 1.14. The molecule has 5 aromatic rings. The molecule has 1 fully saturated rings. The molecular formula is C36H31N3O8. The first-order valence-corrected chi connectivity index (χ1v) is 15.0. The highest BCUT2D eigenvalue weighted by Gasteiger charge is 2.30. The first-order chi connectivity index (χ1) is 22.6. The minimum absolute atomic E-state index is 0.112. The van der Waals surface area contributed by atoms with Gasteiger partial charge in [-0.05, 0) is 79.9 Å². The van der Waals surface area contributed by atoms with E-state index in [1.807, 2.05) is 24.3 Å². The maximum atomic E-state index is 12.0. The third-order valence-electron chi connectivity index (χ3n) is 8.51. The van der Waals surface area contributed by atoms with Gasteiger partial charge in [0.2, 0.25) is 23.5 Å². The van der Waals surface area contributed by atoms with Crippen LogP contribution in [0.4, 0.5) is 5.69 Å². The van der Waals surface area contributed by atoms with Gasteiger partial charge in [0.25, 0.3) is 11.8 Å². The molecule has 3 aromatic carbocycles. The molecule has 2 aliphatic heterocycles. The molecule has 0 aliphatic carbocycles. The maximum Gasteiger partial charge on any atom is 0.258 e. The van der Waals surface area contributed by atoms with E-state index in [1.165, 1.54) is 21.3 Å². The summed E-state index contributed by atoms with van der Waals surface area (Å²) in [5, 5.41) is 45.0. The molecule has 7 rings (SSSR count). The van der Waals surface area contributed by atoms with E-state index in [2.05, 4.69) is 0 Å². The summed E-state index contributed by atoms with van der Waals surface area (Å²) in [4.78, 5) is 25.0. The van der Waals surface area contributed by atoms with Crippen LogP contribution >= 0.6 is 0 Å². The largest absolute Gasteiger partial charge is 0.494 e. The van der Waals surface area contributed by atoms with Crippen LogP contribution in [0.3, 0.4) is 0 Å². The zero-order valence-corrected chi connectivity index (χ0v) is 25.5. The van der Waals surface area contributed by atoms with Gasteiger partial charge in [-0.15, -0.1) is 0 Å². The fraction of sp³-hybridized carbons (Fsp3) is 0.167. The lowest BCUT2D eigenvalue weighted by molar-refractivity contribution is -0.119. The average Bonchev–Trinajstić information content (AvgIpc) is 3.76. The number of aromatic hydroxyl groups is 4. The molecule has 0 radical (unpaired) electrons. The first-order valence-electron chi connectivity index (χ1n) is 15.0. The minimum atomic E-state index is -0.371. The predicted octanol–water partition coefficient (Wildman–Crippen LogP) is 5.17. The molecule has 0 bridgehead atoms. The Morgan fingerprint density at radius 1 is 0.660 bits per heavy atom. The highest BCUT2D eigenvalue weighted by atomic mass is 16.6. The summed E-state index contributed by atoms with van der Waals surface area (Å²) in [6.45, 7) is 4.38. The van der Waals surface area contributed by atoms with Crippen LogP contribution in [0.2, 0.25) is 0 Å². The highest BCUT2D eigenvalue weighted by molar-refractivity contribution is 6.28. The molecule has 1 saturated heterocycles. The van der Waals surface area contributed by atoms with Gasteiger partial charge in [-0.25, -0.2) is 4.90 Å². The Hall–Kier alpha value is -5.94. The van der Waals surface area contributed by atoms with Crippen LogP contribution in [0.1, 0.15) is 22.3 Å². The molecule has 0 saturated carbocycles. The fourth-order valence-electron chi connectivity index (χ4n) is 5.87. The molecule has 1 atom stereocenters. The number of aromatic nitrogens is 2. The van der Waals surface area contributed by atoms with Crippen molar-refractivity contribution in [3.63, 3.8) is 0 Å². The molecule has 11 heteroatoms. The SMILES string of the molecule is Cc1c(-c2c(C)c(O)n(-c3ccc(OCC4CO4)cc3)c2O)c(O)n(-c2ccc(Cc3ccc(N4C(=O)C=CC4=O)cc3)cc2)c1O. The number of hydrogen-bond donors (Lipinski definition) is 4. The maximum absolute atomic E-state index is 12.0. The quantitative estimate of drug-likeness (QED) is 0.128. The fourth-order valence-corrected chi connectivity index (χ4v) is 5.87. The standard InChI is InChI=1S/C36H31N3O8/c1-20-31(32-21(2)34(43)39(36(32)45)26-11-13-27(14-12-26)46-18-28-19-47-28)35(44)38(33(20)42)25-9-5-23(6-10-25)17-22-3-7-24(8-4-22)37-29(40)15-16-30(37)41/h3-16,28,42-45H,17-19H2,1-2H3. The third-order valence-corrected chi connectivity index (χ3v) is 8.51. The Kier molecular flexibility index (Phi) is 7.25. The van der Waals surface area contributed by atoms with Crippen LogP contribution in [-0.4, -0.2) is 60.7 Å². The predicted molar refractivity (Wildman–Crippen MR) is 173 cm³/mol. The molecule has 47 heavy (non-hydrogen) atoms. The van der Waals surface area contributed by atoms with Crippen molar-refractivity contribution < 1.29 is 39.5 Å². The van der Waals surface area contributed by atoms with E-state index in [0.717, 1.165) is 16.0 Å². The summed E-state index contributed by atoms with van der Waals surface area (Å²) in [6, 6.07) is 21.3. The van der Waals surface area contributed by atoms with Crippen LogP contribution in [0.25, 0.3) is 22.5 Å². The van der Waals surface area contributed by atoms with Gasteiger partial charge in [-0.1, -0.05) is 24.3 Å². The van der Waals surface area contributed by atoms with Gasteiger partial charge in [0.05, 0.1) is 34.8 Å². The molecule has 4 heterocycles. The van der Waals surface area contributed by atoms with Gasteiger partial charge >= 0.3 is 0 Å². The van der Waals surface area contributed by atoms with Gasteiger partial charge in [-0.3, -0.25) is 18.7 Å². The van der Waals surface area contributed by atoms with Crippen molar-refractivity contribution in [1.29, 1.82) is 0 Å². The van der Waals surface area contributed by atoms with Crippen molar-refractivity contribution in [3.8, 4) is 51.8 Å². The molecule has 2 aromatic heterocycles. The Labute approximate surface area is 269 Å². The second-order valence-electron chi connectivity index (χ2n) is 11.6. The van der Waals surface area contributed by atoms with E-state index < -0.39 is 0 Å². The zero-order valence-electron chi connectivity index (χ0n) is 25.5. The number of anilines is 1. The Morgan fingerprint density at radius 3 is 1.53 bits per heavy atom. The normalized spacial score (nSPS) is 15.5. The van der Waals surface area contributed by atoms with Crippen molar-refractivity contribution >= 4 is 17.5 Å². The molecule has 2 aliphatic rings. The van der Waals surface area contributed by atoms with Crippen LogP contribution < -0.4 is 9.64 Å². The highest BCUT2D eigenvalue weighted by Crippen LogP contribution is 2.50. The summed E-state index contributed by atoms with van der Waals surface area (Å²) in [5.74, 6) is -1.15. The molecule has 11 nitrogen and oxygen atoms in total. The van der Waals surface area contributed by atoms with Crippen molar-refractivity contribution in [2.75, 3.05) is 18.1 Å². The molecule has 2 amide bonds. The van der Waals surface area contributed by atoms with Crippen LogP contribution in [-0.2, 0) is 20.7 Å². The van der Waals surface area contributed by atoms with E-state index >= 15 is 0 Å². The lowest BCUT2D eigenvalue weighted by atomic mass is 10.0. The second-order valence-corrected chi connectivity index (χ2v) is 11.6. The van der Waals surface area contributed by atoms with E-state index in [1.54, 1.807) is 62.4 Å². The average molecular weight is 634 g/mol. The number of carbonyl (C=O) groups is 2. The minimum Gasteiger partial charge on any atom is -0.494 e. The number of hydrogen-bond acceptors (Lipinski definition) is 8. The lowest BCUT2D eigenvalue weighted by Crippen LogP contribution is -2.29. The number of carbonyl (C=O) groups excluding carboxylic acids is 2. The summed E-state index contributed by atoms with van der Waals surface area (Å²) < 4.78 is 13.4. The summed E-state index contributed by atoms with van der Waals surface area (Å²) in [6.07, 6.45) is 3.17. The molecule has 1 unspecified atom stereocenters. The third kappa shape index (κ3) is 5.26. The molecule has 238 valence electrons. The van der Waals surface area contributed by atoms with Gasteiger partial charge in [0.1, 0.15) is 18.5 Å². The number of nitrogens with zero attached hydrogens (tertiary/aromatic N) is 3. The van der Waals surface area contributed by atoms with E-state index in [-0.39, 0.29) is 52.6 Å². The van der Waals surface area contributed by atoms with E-state index in [9.17, 15) is 30.0 Å². The number of rotatable bonds is 9. The smallest absolute Gasteiger partial charge is 0.258 e. The van der Waals surface area contributed by atoms with Gasteiger partial charge in [0, 0.05) is 23.3 Å². The Bertz CT molecular complexity index is 2030. The van der Waals surface area contributed by atoms with Crippen molar-refractivity contribution in [1.82, 2.24) is 9.13 Å². The summed E-state index contributed by atoms with van der Waals surface area (Å²) >= 11 is 0. The lowest BCUT2D eigenvalue weighted by Gasteiger charge is -2.14. The summed E-state index contributed by atoms with van der Waals surface area (Å²) in [5.41, 5.74) is 4.39. The van der Waals surface area contributed by atoms with E-state index in [0.29, 0.717) is 53.6 Å². The molecule has 0 spiro atoms. The van der Waals surface area contributed by atoms with Crippen molar-refractivity contribution in [2.45, 2.75) is 26.4 Å². The number of amides is 2. The van der Waals surface area contributed by atoms with Crippen LogP contribution in [0.15, 0.2) is 84.9 Å². The summed E-state index contributed by atoms with van der Waals surface area (Å²) in [7, 11) is 0.